The van der Waals surface area contributed by atoms with Gasteiger partial charge in [-0.3, -0.25) is 19.5 Å². The molecule has 2 aliphatic rings. The van der Waals surface area contributed by atoms with Crippen LogP contribution in [0, 0.1) is 5.92 Å². The lowest BCUT2D eigenvalue weighted by Crippen LogP contribution is -2.57. The monoisotopic (exact) mass is 404 g/mol. The van der Waals surface area contributed by atoms with Crippen molar-refractivity contribution in [2.75, 3.05) is 13.2 Å². The number of phosphoric ester groups is 1. The highest BCUT2D eigenvalue weighted by Crippen LogP contribution is 2.57. The van der Waals surface area contributed by atoms with Gasteiger partial charge in [-0.05, 0) is 0 Å². The zero-order chi connectivity index (χ0) is 19.0. The van der Waals surface area contributed by atoms with Crippen molar-refractivity contribution in [1.82, 2.24) is 10.2 Å². The number of nitrogens with zero attached hydrogens (tertiary/aromatic N) is 1. The zero-order valence-electron chi connectivity index (χ0n) is 12.9. The molecule has 5 N–H and O–H groups in total. The summed E-state index contributed by atoms with van der Waals surface area (Å²) in [5, 5.41) is 12.1. The summed E-state index contributed by atoms with van der Waals surface area (Å²) in [6.45, 7) is 0.951. The van der Waals surface area contributed by atoms with Crippen LogP contribution in [0.4, 0.5) is 4.79 Å². The molecule has 1 unspecified atom stereocenters. The van der Waals surface area contributed by atoms with Gasteiger partial charge in [-0.25, -0.2) is 13.9 Å². The van der Waals surface area contributed by atoms with Crippen molar-refractivity contribution in [1.29, 1.82) is 0 Å². The van der Waals surface area contributed by atoms with Crippen LogP contribution in [0.3, 0.4) is 0 Å². The molecule has 2 saturated heterocycles. The number of aliphatic hydroxyl groups excluding tert-OH is 1. The molecule has 144 valence electrons. The van der Waals surface area contributed by atoms with Gasteiger partial charge in [0.2, 0.25) is 5.91 Å². The second-order valence-electron chi connectivity index (χ2n) is 5.62. The van der Waals surface area contributed by atoms with E-state index in [1.807, 2.05) is 0 Å². The van der Waals surface area contributed by atoms with Crippen molar-refractivity contribution in [3.8, 4) is 0 Å². The number of carbonyl (C=O) groups is 2. The molecule has 0 radical (unpaired) electrons. The Morgan fingerprint density at radius 2 is 1.96 bits per heavy atom. The Kier molecular flexibility index (Phi) is 6.04. The van der Waals surface area contributed by atoms with Crippen molar-refractivity contribution in [2.45, 2.75) is 31.8 Å². The summed E-state index contributed by atoms with van der Waals surface area (Å²) in [5.41, 5.74) is 0. The minimum Gasteiger partial charge on any atom is -0.390 e. The quantitative estimate of drug-likeness (QED) is 0.337. The van der Waals surface area contributed by atoms with E-state index < -0.39 is 58.5 Å². The minimum atomic E-state index is -5.25. The fourth-order valence-electron chi connectivity index (χ4n) is 2.39. The number of carbonyl (C=O) groups excluding carboxylic acids is 2. The van der Waals surface area contributed by atoms with Crippen LogP contribution in [0.15, 0.2) is 0 Å². The molecular weight excluding hydrogens is 386 g/mol. The number of aliphatic hydroxyl groups is 1. The van der Waals surface area contributed by atoms with Crippen LogP contribution in [-0.2, 0) is 27.5 Å². The van der Waals surface area contributed by atoms with Crippen molar-refractivity contribution in [3.05, 3.63) is 0 Å². The molecule has 5 atom stereocenters. The predicted molar refractivity (Wildman–Crippen MR) is 77.6 cm³/mol. The lowest BCUT2D eigenvalue weighted by atomic mass is 10.1. The highest BCUT2D eigenvalue weighted by Gasteiger charge is 2.43. The molecule has 2 aliphatic heterocycles. The first-order valence-corrected chi connectivity index (χ1v) is 10.1. The largest absolute Gasteiger partial charge is 0.481 e. The molecule has 13 nitrogen and oxygen atoms in total. The average Bonchev–Trinajstić information content (AvgIpc) is 2.79. The molecule has 0 saturated carbocycles. The van der Waals surface area contributed by atoms with Gasteiger partial charge in [0.1, 0.15) is 12.3 Å². The molecule has 0 aliphatic carbocycles. The van der Waals surface area contributed by atoms with Crippen LogP contribution in [0.5, 0.6) is 0 Å². The lowest BCUT2D eigenvalue weighted by Gasteiger charge is -2.34. The predicted octanol–water partition coefficient (Wildman–Crippen LogP) is -1.12. The Morgan fingerprint density at radius 1 is 1.32 bits per heavy atom. The van der Waals surface area contributed by atoms with Crippen LogP contribution in [0.25, 0.3) is 0 Å². The third kappa shape index (κ3) is 5.55. The van der Waals surface area contributed by atoms with Gasteiger partial charge in [-0.2, -0.15) is 4.31 Å². The fraction of sp³-hybridized carbons (Fsp3) is 0.800. The molecule has 25 heavy (non-hydrogen) atoms. The Bertz CT molecular complexity index is 636. The van der Waals surface area contributed by atoms with E-state index >= 15 is 0 Å². The van der Waals surface area contributed by atoms with Crippen molar-refractivity contribution in [2.24, 2.45) is 5.92 Å². The van der Waals surface area contributed by atoms with Crippen molar-refractivity contribution < 1.29 is 52.1 Å². The summed E-state index contributed by atoms with van der Waals surface area (Å²) in [7, 11) is -10.3. The summed E-state index contributed by atoms with van der Waals surface area (Å²) >= 11 is 0. The number of hydrogen-bond donors (Lipinski definition) is 5. The number of phosphoric acid groups is 2. The van der Waals surface area contributed by atoms with Gasteiger partial charge in [0, 0.05) is 13.0 Å². The van der Waals surface area contributed by atoms with Crippen LogP contribution < -0.4 is 5.32 Å². The van der Waals surface area contributed by atoms with Gasteiger partial charge < -0.3 is 24.5 Å². The first kappa shape index (κ1) is 20.4. The van der Waals surface area contributed by atoms with E-state index in [1.54, 1.807) is 6.92 Å². The van der Waals surface area contributed by atoms with Crippen LogP contribution >= 0.6 is 15.6 Å². The highest BCUT2D eigenvalue weighted by molar-refractivity contribution is 7.60. The van der Waals surface area contributed by atoms with Crippen LogP contribution in [-0.4, -0.2) is 68.2 Å². The van der Waals surface area contributed by atoms with E-state index in [0.29, 0.717) is 0 Å². The van der Waals surface area contributed by atoms with E-state index in [0.717, 1.165) is 0 Å². The maximum Gasteiger partial charge on any atom is 0.481 e. The summed E-state index contributed by atoms with van der Waals surface area (Å²) < 4.78 is 35.3. The maximum absolute atomic E-state index is 11.8. The Balaban J connectivity index is 1.93. The number of imide groups is 1. The van der Waals surface area contributed by atoms with Crippen molar-refractivity contribution >= 4 is 27.6 Å². The first-order chi connectivity index (χ1) is 11.4. The average molecular weight is 404 g/mol. The fourth-order valence-corrected chi connectivity index (χ4v) is 3.99. The normalized spacial score (nSPS) is 33.2. The standard InChI is InChI=1S/C10H18N2O11P2/c1-5-3-12(10(15)11-9(5)14)8-2-6(13)7(22-8)4-21-25(19,20)23-24(16,17)18/h5-8,13H,2-4H2,1H3,(H,19,20)(H,11,14,15)(H2,16,17,18)/t5-,6+,7-,8-/m0/s1. The molecule has 2 fully saturated rings. The summed E-state index contributed by atoms with van der Waals surface area (Å²) in [6.07, 6.45) is -3.27. The van der Waals surface area contributed by atoms with E-state index in [9.17, 15) is 28.7 Å². The Labute approximate surface area is 141 Å². The molecule has 3 amide bonds. The summed E-state index contributed by atoms with van der Waals surface area (Å²) in [5.74, 6) is -0.918. The zero-order valence-corrected chi connectivity index (χ0v) is 14.7. The van der Waals surface area contributed by atoms with E-state index in [2.05, 4.69) is 14.2 Å². The number of amides is 3. The summed E-state index contributed by atoms with van der Waals surface area (Å²) in [6, 6.07) is -0.695. The third-order valence-corrected chi connectivity index (χ3v) is 5.72. The molecule has 0 aromatic carbocycles. The van der Waals surface area contributed by atoms with Gasteiger partial charge in [-0.15, -0.1) is 0 Å². The molecule has 15 heteroatoms. The SMILES string of the molecule is C[C@H]1CN([C@@H]2C[C@@H](O)[C@H](COP(=O)(O)OP(=O)(O)O)O2)C(=O)NC1=O. The number of rotatable bonds is 6. The molecular formula is C10H18N2O11P2. The number of hydrogen-bond acceptors (Lipinski definition) is 8. The van der Waals surface area contributed by atoms with Gasteiger partial charge in [0.05, 0.1) is 18.6 Å². The molecule has 0 aromatic heterocycles. The Hall–Kier alpha value is -0.880. The minimum absolute atomic E-state index is 0.0442. The molecule has 2 rings (SSSR count). The van der Waals surface area contributed by atoms with E-state index in [4.69, 9.17) is 14.5 Å². The second kappa shape index (κ2) is 7.39. The van der Waals surface area contributed by atoms with Gasteiger partial charge in [-0.1, -0.05) is 6.92 Å². The number of nitrogens with one attached hydrogen (secondary N) is 1. The topological polar surface area (TPSA) is 192 Å². The summed E-state index contributed by atoms with van der Waals surface area (Å²) in [4.78, 5) is 50.6. The second-order valence-corrected chi connectivity index (χ2v) is 8.45. The Morgan fingerprint density at radius 3 is 2.56 bits per heavy atom. The smallest absolute Gasteiger partial charge is 0.390 e. The molecule has 2 heterocycles. The lowest BCUT2D eigenvalue weighted by molar-refractivity contribution is -0.128. The van der Waals surface area contributed by atoms with Gasteiger partial charge in [0.25, 0.3) is 0 Å². The third-order valence-electron chi connectivity index (χ3n) is 3.57. The number of ether oxygens (including phenoxy) is 1. The number of urea groups is 1. The first-order valence-electron chi connectivity index (χ1n) is 7.07. The molecule has 0 spiro atoms. The van der Waals surface area contributed by atoms with Crippen LogP contribution in [0.1, 0.15) is 13.3 Å². The van der Waals surface area contributed by atoms with E-state index in [1.165, 1.54) is 4.90 Å². The molecule has 0 bridgehead atoms. The van der Waals surface area contributed by atoms with E-state index in [-0.39, 0.29) is 13.0 Å². The van der Waals surface area contributed by atoms with Crippen molar-refractivity contribution in [3.63, 3.8) is 0 Å². The maximum atomic E-state index is 11.8. The molecule has 0 aromatic rings. The van der Waals surface area contributed by atoms with Gasteiger partial charge in [0.15, 0.2) is 0 Å². The van der Waals surface area contributed by atoms with Gasteiger partial charge >= 0.3 is 21.7 Å². The highest BCUT2D eigenvalue weighted by atomic mass is 31.3. The van der Waals surface area contributed by atoms with Crippen LogP contribution in [0.2, 0.25) is 0 Å².